The molecule has 118 valence electrons. The fourth-order valence-corrected chi connectivity index (χ4v) is 1.68. The lowest BCUT2D eigenvalue weighted by molar-refractivity contribution is -0.141. The molecule has 0 aliphatic heterocycles. The normalized spacial score (nSPS) is 12.3. The first-order valence-corrected chi connectivity index (χ1v) is 6.47. The first-order chi connectivity index (χ1) is 9.70. The number of rotatable bonds is 6. The van der Waals surface area contributed by atoms with E-state index in [1.54, 1.807) is 6.08 Å². The summed E-state index contributed by atoms with van der Waals surface area (Å²) in [6, 6.07) is 0. The van der Waals surface area contributed by atoms with Crippen molar-refractivity contribution in [3.63, 3.8) is 0 Å². The monoisotopic (exact) mass is 324 g/mol. The summed E-state index contributed by atoms with van der Waals surface area (Å²) in [6.45, 7) is 0.876. The molecule has 1 N–H and O–H groups in total. The summed E-state index contributed by atoms with van der Waals surface area (Å²) in [6.07, 6.45) is -0.446. The fraction of sp³-hybridized carbons (Fsp3) is 0.500. The highest BCUT2D eigenvalue weighted by Gasteiger charge is 2.36. The van der Waals surface area contributed by atoms with Crippen LogP contribution in [0, 0.1) is 0 Å². The molecule has 5 nitrogen and oxygen atoms in total. The van der Waals surface area contributed by atoms with Gasteiger partial charge in [-0.3, -0.25) is 9.48 Å². The van der Waals surface area contributed by atoms with Crippen molar-refractivity contribution in [3.05, 3.63) is 29.1 Å². The number of likely N-dealkylation sites (N-methyl/N-ethyl adjacent to an activating group) is 1. The molecule has 1 aromatic heterocycles. The van der Waals surface area contributed by atoms with E-state index in [1.165, 1.54) is 6.08 Å². The minimum Gasteiger partial charge on any atom is -0.351 e. The lowest BCUT2D eigenvalue weighted by Gasteiger charge is -2.05. The van der Waals surface area contributed by atoms with Crippen molar-refractivity contribution in [2.24, 2.45) is 0 Å². The second-order valence-corrected chi connectivity index (χ2v) is 4.95. The lowest BCUT2D eigenvalue weighted by Crippen LogP contribution is -2.26. The van der Waals surface area contributed by atoms with Crippen LogP contribution in [-0.4, -0.2) is 47.8 Å². The van der Waals surface area contributed by atoms with E-state index in [9.17, 15) is 18.0 Å². The van der Waals surface area contributed by atoms with E-state index in [0.29, 0.717) is 6.54 Å². The maximum atomic E-state index is 12.5. The molecule has 0 radical (unpaired) electrons. The summed E-state index contributed by atoms with van der Waals surface area (Å²) in [4.78, 5) is 13.3. The van der Waals surface area contributed by atoms with Gasteiger partial charge < -0.3 is 10.2 Å². The van der Waals surface area contributed by atoms with Crippen molar-refractivity contribution >= 4 is 17.5 Å². The Bertz CT molecular complexity index is 511. The molecule has 0 aliphatic rings. The first kappa shape index (κ1) is 17.5. The third-order valence-corrected chi connectivity index (χ3v) is 2.64. The van der Waals surface area contributed by atoms with E-state index in [1.807, 2.05) is 19.0 Å². The van der Waals surface area contributed by atoms with Crippen LogP contribution in [0.5, 0.6) is 0 Å². The molecule has 0 saturated carbocycles. The van der Waals surface area contributed by atoms with Crippen LogP contribution < -0.4 is 5.32 Å². The highest BCUT2D eigenvalue weighted by atomic mass is 35.5. The zero-order valence-electron chi connectivity index (χ0n) is 11.6. The number of hydrogen-bond acceptors (Lipinski definition) is 3. The minimum atomic E-state index is -4.58. The van der Waals surface area contributed by atoms with E-state index < -0.39 is 16.9 Å². The quantitative estimate of drug-likeness (QED) is 0.812. The molecule has 0 saturated heterocycles. The summed E-state index contributed by atoms with van der Waals surface area (Å²) in [5, 5.41) is 5.43. The number of nitrogens with one attached hydrogen (secondary N) is 1. The molecule has 0 fully saturated rings. The molecule has 0 aliphatic carbocycles. The van der Waals surface area contributed by atoms with Gasteiger partial charge in [-0.15, -0.1) is 0 Å². The lowest BCUT2D eigenvalue weighted by atomic mass is 10.4. The van der Waals surface area contributed by atoms with Crippen LogP contribution in [0.3, 0.4) is 0 Å². The Kier molecular flexibility index (Phi) is 6.22. The number of aromatic nitrogens is 2. The predicted octanol–water partition coefficient (Wildman–Crippen LogP) is 1.79. The van der Waals surface area contributed by atoms with Crippen molar-refractivity contribution in [2.45, 2.75) is 12.7 Å². The number of carbonyl (C=O) groups is 1. The second kappa shape index (κ2) is 7.46. The third kappa shape index (κ3) is 6.17. The molecule has 0 aromatic carbocycles. The number of amides is 1. The first-order valence-electron chi connectivity index (χ1n) is 6.09. The molecule has 1 heterocycles. The summed E-state index contributed by atoms with van der Waals surface area (Å²) in [5.41, 5.74) is -1.12. The van der Waals surface area contributed by atoms with E-state index >= 15 is 0 Å². The Morgan fingerprint density at radius 3 is 2.71 bits per heavy atom. The number of nitrogens with zero attached hydrogens (tertiary/aromatic N) is 3. The molecule has 1 amide bonds. The van der Waals surface area contributed by atoms with Crippen molar-refractivity contribution in [2.75, 3.05) is 27.2 Å². The molecule has 0 bridgehead atoms. The minimum absolute atomic E-state index is 0.100. The van der Waals surface area contributed by atoms with Crippen LogP contribution >= 0.6 is 11.6 Å². The van der Waals surface area contributed by atoms with Crippen LogP contribution in [0.15, 0.2) is 18.3 Å². The molecule has 1 rings (SSSR count). The van der Waals surface area contributed by atoms with Gasteiger partial charge in [0, 0.05) is 25.4 Å². The van der Waals surface area contributed by atoms with Gasteiger partial charge in [0.1, 0.15) is 0 Å². The highest BCUT2D eigenvalue weighted by Crippen LogP contribution is 2.32. The molecule has 0 unspecified atom stereocenters. The zero-order valence-corrected chi connectivity index (χ0v) is 12.4. The summed E-state index contributed by atoms with van der Waals surface area (Å²) >= 11 is 5.46. The number of carbonyl (C=O) groups excluding carboxylic acids is 1. The molecule has 9 heteroatoms. The Morgan fingerprint density at radius 1 is 1.52 bits per heavy atom. The van der Waals surface area contributed by atoms with Crippen molar-refractivity contribution in [1.29, 1.82) is 0 Å². The number of halogens is 4. The Balaban J connectivity index is 2.43. The van der Waals surface area contributed by atoms with Gasteiger partial charge in [-0.05, 0) is 14.1 Å². The average molecular weight is 325 g/mol. The Labute approximate surface area is 125 Å². The van der Waals surface area contributed by atoms with Crippen molar-refractivity contribution in [1.82, 2.24) is 20.0 Å². The maximum absolute atomic E-state index is 12.5. The predicted molar refractivity (Wildman–Crippen MR) is 72.9 cm³/mol. The van der Waals surface area contributed by atoms with Gasteiger partial charge in [-0.25, -0.2) is 0 Å². The number of hydrogen-bond donors (Lipinski definition) is 1. The van der Waals surface area contributed by atoms with Crippen LogP contribution in [0.2, 0.25) is 5.02 Å². The SMILES string of the molecule is CN(C)C/C=C/C(=O)NCCn1cc(Cl)c(C(F)(F)F)n1. The van der Waals surface area contributed by atoms with Gasteiger partial charge in [-0.1, -0.05) is 17.7 Å². The van der Waals surface area contributed by atoms with Gasteiger partial charge in [0.15, 0.2) is 5.69 Å². The standard InChI is InChI=1S/C12H16ClF3N4O/c1-19(2)6-3-4-10(21)17-5-7-20-8-9(13)11(18-20)12(14,15)16/h3-4,8H,5-7H2,1-2H3,(H,17,21)/b4-3+. The molecule has 0 spiro atoms. The van der Waals surface area contributed by atoms with Gasteiger partial charge >= 0.3 is 6.18 Å². The highest BCUT2D eigenvalue weighted by molar-refractivity contribution is 6.31. The van der Waals surface area contributed by atoms with Gasteiger partial charge in [0.05, 0.1) is 11.6 Å². The van der Waals surface area contributed by atoms with Gasteiger partial charge in [-0.2, -0.15) is 18.3 Å². The smallest absolute Gasteiger partial charge is 0.351 e. The van der Waals surface area contributed by atoms with Crippen LogP contribution in [0.25, 0.3) is 0 Å². The van der Waals surface area contributed by atoms with Crippen LogP contribution in [-0.2, 0) is 17.5 Å². The largest absolute Gasteiger partial charge is 0.436 e. The Hall–Kier alpha value is -1.54. The molecule has 21 heavy (non-hydrogen) atoms. The fourth-order valence-electron chi connectivity index (χ4n) is 1.43. The van der Waals surface area contributed by atoms with E-state index in [0.717, 1.165) is 10.9 Å². The maximum Gasteiger partial charge on any atom is 0.436 e. The summed E-state index contributed by atoms with van der Waals surface area (Å²) < 4.78 is 38.5. The Morgan fingerprint density at radius 2 is 2.19 bits per heavy atom. The van der Waals surface area contributed by atoms with Crippen LogP contribution in [0.4, 0.5) is 13.2 Å². The molecular weight excluding hydrogens is 309 g/mol. The van der Waals surface area contributed by atoms with E-state index in [4.69, 9.17) is 11.6 Å². The zero-order chi connectivity index (χ0) is 16.0. The molecular formula is C12H16ClF3N4O. The summed E-state index contributed by atoms with van der Waals surface area (Å²) in [5.74, 6) is -0.314. The van der Waals surface area contributed by atoms with Crippen LogP contribution in [0.1, 0.15) is 5.69 Å². The second-order valence-electron chi connectivity index (χ2n) is 4.54. The van der Waals surface area contributed by atoms with Crippen molar-refractivity contribution < 1.29 is 18.0 Å². The summed E-state index contributed by atoms with van der Waals surface area (Å²) in [7, 11) is 3.73. The topological polar surface area (TPSA) is 50.2 Å². The van der Waals surface area contributed by atoms with E-state index in [2.05, 4.69) is 10.4 Å². The van der Waals surface area contributed by atoms with Gasteiger partial charge in [0.2, 0.25) is 5.91 Å². The van der Waals surface area contributed by atoms with E-state index in [-0.39, 0.29) is 19.0 Å². The van der Waals surface area contributed by atoms with Crippen molar-refractivity contribution in [3.8, 4) is 0 Å². The average Bonchev–Trinajstić information content (AvgIpc) is 2.70. The molecule has 1 aromatic rings. The number of alkyl halides is 3. The molecule has 0 atom stereocenters. The van der Waals surface area contributed by atoms with Gasteiger partial charge in [0.25, 0.3) is 0 Å². The third-order valence-electron chi connectivity index (χ3n) is 2.37.